The lowest BCUT2D eigenvalue weighted by atomic mass is 9.92. The third-order valence-corrected chi connectivity index (χ3v) is 5.62. The number of piperidine rings is 1. The topological polar surface area (TPSA) is 50.2 Å². The van der Waals surface area contributed by atoms with E-state index in [2.05, 4.69) is 51.6 Å². The summed E-state index contributed by atoms with van der Waals surface area (Å²) in [6, 6.07) is 4.94. The van der Waals surface area contributed by atoms with Crippen molar-refractivity contribution in [1.29, 1.82) is 0 Å². The Bertz CT molecular complexity index is 920. The SMILES string of the molecule is C=C(C)C(F)C1=[N+]=CC(c2cc(NC3CCNCC3)c3c(c2)=CCNC=3)C1. The van der Waals surface area contributed by atoms with Crippen molar-refractivity contribution in [1.82, 2.24) is 15.3 Å². The second kappa shape index (κ2) is 7.71. The average Bonchev–Trinajstić information content (AvgIpc) is 3.18. The Hall–Kier alpha value is -2.36. The van der Waals surface area contributed by atoms with Crippen molar-refractivity contribution in [3.63, 3.8) is 0 Å². The Morgan fingerprint density at radius 2 is 2.15 bits per heavy atom. The molecule has 4 nitrogen and oxygen atoms in total. The summed E-state index contributed by atoms with van der Waals surface area (Å²) in [4.78, 5) is 0. The molecule has 3 aliphatic heterocycles. The first-order chi connectivity index (χ1) is 13.1. The zero-order valence-electron chi connectivity index (χ0n) is 15.9. The highest BCUT2D eigenvalue weighted by atomic mass is 19.1. The minimum atomic E-state index is -1.14. The monoisotopic (exact) mass is 367 g/mol. The number of nitrogens with one attached hydrogen (secondary N) is 3. The standard InChI is InChI=1S/C22H28FN4/c1-14(2)22(23)21-11-17(12-26-21)16-9-15-3-6-25-13-19(15)20(10-16)27-18-4-7-24-8-5-18/h3,9-10,12-13,17-18,22,24-25,27H,1,4-8,11H2,2H3/q+1. The Morgan fingerprint density at radius 1 is 1.33 bits per heavy atom. The smallest absolute Gasteiger partial charge is 0.319 e. The number of alkyl halides is 1. The number of allylic oxidation sites excluding steroid dienone is 1. The third kappa shape index (κ3) is 3.85. The van der Waals surface area contributed by atoms with E-state index >= 15 is 0 Å². The molecule has 1 fully saturated rings. The van der Waals surface area contributed by atoms with E-state index in [1.54, 1.807) is 6.92 Å². The van der Waals surface area contributed by atoms with Gasteiger partial charge in [0.25, 0.3) is 6.21 Å². The first-order valence-electron chi connectivity index (χ1n) is 9.86. The summed E-state index contributed by atoms with van der Waals surface area (Å²) in [5.41, 5.74) is 3.48. The van der Waals surface area contributed by atoms with E-state index in [4.69, 9.17) is 0 Å². The highest BCUT2D eigenvalue weighted by molar-refractivity contribution is 5.99. The Labute approximate surface area is 159 Å². The van der Waals surface area contributed by atoms with Crippen molar-refractivity contribution in [3.8, 4) is 0 Å². The molecule has 3 heterocycles. The van der Waals surface area contributed by atoms with Crippen LogP contribution >= 0.6 is 0 Å². The van der Waals surface area contributed by atoms with Crippen molar-refractivity contribution in [2.45, 2.75) is 44.3 Å². The lowest BCUT2D eigenvalue weighted by Crippen LogP contribution is -2.40. The van der Waals surface area contributed by atoms with Crippen molar-refractivity contribution >= 4 is 29.9 Å². The molecule has 1 aromatic carbocycles. The van der Waals surface area contributed by atoms with Crippen LogP contribution in [0.15, 0.2) is 24.3 Å². The van der Waals surface area contributed by atoms with E-state index < -0.39 is 6.17 Å². The van der Waals surface area contributed by atoms with E-state index in [0.29, 0.717) is 23.7 Å². The Morgan fingerprint density at radius 3 is 2.93 bits per heavy atom. The number of benzene rings is 1. The Kier molecular flexibility index (Phi) is 5.15. The van der Waals surface area contributed by atoms with Gasteiger partial charge in [0.2, 0.25) is 6.17 Å². The zero-order chi connectivity index (χ0) is 18.8. The van der Waals surface area contributed by atoms with Crippen molar-refractivity contribution in [2.24, 2.45) is 0 Å². The number of rotatable bonds is 5. The normalized spacial score (nSPS) is 22.7. The third-order valence-electron chi connectivity index (χ3n) is 5.62. The second-order valence-corrected chi connectivity index (χ2v) is 7.79. The van der Waals surface area contributed by atoms with E-state index in [1.165, 1.54) is 16.0 Å². The van der Waals surface area contributed by atoms with Crippen LogP contribution in [0, 0.1) is 0 Å². The van der Waals surface area contributed by atoms with Gasteiger partial charge in [-0.25, -0.2) is 4.39 Å². The second-order valence-electron chi connectivity index (χ2n) is 7.79. The maximum absolute atomic E-state index is 14.3. The largest absolute Gasteiger partial charge is 0.387 e. The van der Waals surface area contributed by atoms with Gasteiger partial charge in [0.15, 0.2) is 0 Å². The Balaban J connectivity index is 1.62. The van der Waals surface area contributed by atoms with Crippen LogP contribution in [0.3, 0.4) is 0 Å². The van der Waals surface area contributed by atoms with E-state index in [0.717, 1.165) is 38.2 Å². The highest BCUT2D eigenvalue weighted by Crippen LogP contribution is 2.24. The van der Waals surface area contributed by atoms with Crippen LogP contribution in [0.2, 0.25) is 0 Å². The summed E-state index contributed by atoms with van der Waals surface area (Å²) in [6.07, 6.45) is 7.95. The number of hydrogen-bond donors (Lipinski definition) is 3. The molecular weight excluding hydrogens is 339 g/mol. The molecule has 142 valence electrons. The maximum atomic E-state index is 14.3. The van der Waals surface area contributed by atoms with Crippen LogP contribution in [-0.4, -0.2) is 43.8 Å². The summed E-state index contributed by atoms with van der Waals surface area (Å²) >= 11 is 0. The number of hydrogen-bond acceptors (Lipinski definition) is 3. The van der Waals surface area contributed by atoms with Crippen molar-refractivity contribution < 1.29 is 4.39 Å². The fourth-order valence-electron chi connectivity index (χ4n) is 4.05. The van der Waals surface area contributed by atoms with Crippen LogP contribution < -0.4 is 31.1 Å². The predicted molar refractivity (Wildman–Crippen MR) is 112 cm³/mol. The maximum Gasteiger partial charge on any atom is 0.319 e. The lowest BCUT2D eigenvalue weighted by molar-refractivity contribution is 0.468. The van der Waals surface area contributed by atoms with Gasteiger partial charge >= 0.3 is 5.71 Å². The molecule has 27 heavy (non-hydrogen) atoms. The number of nitrogens with zero attached hydrogens (tertiary/aromatic N) is 1. The van der Waals surface area contributed by atoms with Crippen LogP contribution in [0.1, 0.15) is 37.7 Å². The predicted octanol–water partition coefficient (Wildman–Crippen LogP) is 0.953. The van der Waals surface area contributed by atoms with E-state index in [1.807, 2.05) is 6.21 Å². The summed E-state index contributed by atoms with van der Waals surface area (Å²) in [7, 11) is 0. The van der Waals surface area contributed by atoms with Gasteiger partial charge in [-0.1, -0.05) is 18.7 Å². The molecule has 3 aliphatic rings. The van der Waals surface area contributed by atoms with Gasteiger partial charge < -0.3 is 16.0 Å². The molecule has 0 bridgehead atoms. The van der Waals surface area contributed by atoms with Gasteiger partial charge in [-0.2, -0.15) is 0 Å². The molecule has 4 rings (SSSR count). The minimum Gasteiger partial charge on any atom is -0.387 e. The van der Waals surface area contributed by atoms with Gasteiger partial charge in [-0.3, -0.25) is 0 Å². The molecule has 5 heteroatoms. The summed E-state index contributed by atoms with van der Waals surface area (Å²) in [5.74, 6) is 0.125. The molecule has 0 aromatic heterocycles. The number of halogens is 1. The van der Waals surface area contributed by atoms with Crippen molar-refractivity contribution in [3.05, 3.63) is 40.3 Å². The highest BCUT2D eigenvalue weighted by Gasteiger charge is 2.34. The minimum absolute atomic E-state index is 0.125. The number of anilines is 1. The lowest BCUT2D eigenvalue weighted by Gasteiger charge is -2.26. The molecule has 1 saturated heterocycles. The van der Waals surface area contributed by atoms with Gasteiger partial charge in [0.1, 0.15) is 0 Å². The molecular formula is C22H28FN4+. The van der Waals surface area contributed by atoms with Gasteiger partial charge in [-0.15, -0.1) is 4.67 Å². The molecule has 0 spiro atoms. The fourth-order valence-corrected chi connectivity index (χ4v) is 4.05. The molecule has 0 radical (unpaired) electrons. The average molecular weight is 367 g/mol. The summed E-state index contributed by atoms with van der Waals surface area (Å²) in [5, 5.41) is 12.9. The first-order valence-corrected chi connectivity index (χ1v) is 9.86. The zero-order valence-corrected chi connectivity index (χ0v) is 15.9. The van der Waals surface area contributed by atoms with E-state index in [-0.39, 0.29) is 5.92 Å². The molecule has 2 unspecified atom stereocenters. The van der Waals surface area contributed by atoms with Crippen LogP contribution in [0.5, 0.6) is 0 Å². The number of fused-ring (bicyclic) bond motifs is 1. The van der Waals surface area contributed by atoms with Crippen molar-refractivity contribution in [2.75, 3.05) is 25.0 Å². The molecule has 0 amide bonds. The fraction of sp³-hybridized carbons (Fsp3) is 0.455. The molecule has 0 saturated carbocycles. The quantitative estimate of drug-likeness (QED) is 0.537. The van der Waals surface area contributed by atoms with Crippen LogP contribution in [-0.2, 0) is 0 Å². The molecule has 0 aliphatic carbocycles. The van der Waals surface area contributed by atoms with Crippen LogP contribution in [0.4, 0.5) is 10.1 Å². The van der Waals surface area contributed by atoms with E-state index in [9.17, 15) is 4.39 Å². The van der Waals surface area contributed by atoms with Crippen LogP contribution in [0.25, 0.3) is 12.3 Å². The van der Waals surface area contributed by atoms with Gasteiger partial charge in [0, 0.05) is 29.7 Å². The summed E-state index contributed by atoms with van der Waals surface area (Å²) < 4.78 is 18.7. The molecule has 2 atom stereocenters. The summed E-state index contributed by atoms with van der Waals surface area (Å²) in [6.45, 7) is 8.40. The van der Waals surface area contributed by atoms with Gasteiger partial charge in [-0.05, 0) is 55.3 Å². The van der Waals surface area contributed by atoms with Gasteiger partial charge in [0.05, 0.1) is 12.3 Å². The first kappa shape index (κ1) is 18.0. The molecule has 3 N–H and O–H groups in total. The molecule has 1 aromatic rings.